The maximum absolute atomic E-state index is 13.5. The molecule has 2 aromatic carbocycles. The van der Waals surface area contributed by atoms with Crippen molar-refractivity contribution in [1.29, 1.82) is 0 Å². The van der Waals surface area contributed by atoms with Gasteiger partial charge in [-0.3, -0.25) is 0 Å². The number of alkyl halides is 3. The number of hydrogen-bond acceptors (Lipinski definition) is 1. The van der Waals surface area contributed by atoms with E-state index in [9.17, 15) is 17.6 Å². The van der Waals surface area contributed by atoms with Crippen LogP contribution in [-0.4, -0.2) is 6.18 Å². The second kappa shape index (κ2) is 4.00. The molecule has 0 bridgehead atoms. The zero-order valence-corrected chi connectivity index (χ0v) is 8.63. The summed E-state index contributed by atoms with van der Waals surface area (Å²) in [5.41, 5.74) is 4.57. The molecule has 5 heteroatoms. The molecule has 0 radical (unpaired) electrons. The van der Waals surface area contributed by atoms with E-state index in [1.54, 1.807) is 18.2 Å². The van der Waals surface area contributed by atoms with Crippen LogP contribution in [0.3, 0.4) is 0 Å². The van der Waals surface area contributed by atoms with Crippen LogP contribution in [0.15, 0.2) is 36.4 Å². The fraction of sp³-hybridized carbons (Fsp3) is 0.167. The minimum Gasteiger partial charge on any atom is -0.316 e. The fourth-order valence-corrected chi connectivity index (χ4v) is 1.75. The number of halogens is 4. The Morgan fingerprint density at radius 3 is 2.29 bits per heavy atom. The lowest BCUT2D eigenvalue weighted by Gasteiger charge is -2.18. The number of rotatable bonds is 1. The van der Waals surface area contributed by atoms with Crippen molar-refractivity contribution in [2.75, 3.05) is 0 Å². The Morgan fingerprint density at radius 1 is 1.00 bits per heavy atom. The van der Waals surface area contributed by atoms with Gasteiger partial charge in [-0.15, -0.1) is 0 Å². The van der Waals surface area contributed by atoms with E-state index in [1.165, 1.54) is 12.1 Å². The van der Waals surface area contributed by atoms with E-state index in [2.05, 4.69) is 0 Å². The Kier molecular flexibility index (Phi) is 2.79. The van der Waals surface area contributed by atoms with Crippen LogP contribution >= 0.6 is 0 Å². The van der Waals surface area contributed by atoms with E-state index in [0.717, 1.165) is 6.07 Å². The van der Waals surface area contributed by atoms with Gasteiger partial charge >= 0.3 is 6.18 Å². The first kappa shape index (κ1) is 11.9. The molecule has 1 nitrogen and oxygen atoms in total. The van der Waals surface area contributed by atoms with E-state index in [4.69, 9.17) is 5.73 Å². The van der Waals surface area contributed by atoms with Gasteiger partial charge in [0.15, 0.2) is 0 Å². The van der Waals surface area contributed by atoms with Gasteiger partial charge in [0.1, 0.15) is 11.9 Å². The monoisotopic (exact) mass is 243 g/mol. The van der Waals surface area contributed by atoms with Crippen molar-refractivity contribution in [3.63, 3.8) is 0 Å². The average molecular weight is 243 g/mol. The number of nitrogens with two attached hydrogens (primary N) is 1. The highest BCUT2D eigenvalue weighted by Gasteiger charge is 2.40. The SMILES string of the molecule is N[C@@H](c1c(F)ccc2ccccc12)C(F)(F)F. The van der Waals surface area contributed by atoms with Crippen molar-refractivity contribution >= 4 is 10.8 Å². The summed E-state index contributed by atoms with van der Waals surface area (Å²) in [7, 11) is 0. The standard InChI is InChI=1S/C12H9F4N/c13-9-6-5-7-3-1-2-4-8(7)10(9)11(17)12(14,15)16/h1-6,11H,17H2/t11-/m0/s1. The number of benzene rings is 2. The summed E-state index contributed by atoms with van der Waals surface area (Å²) in [6, 6.07) is 6.38. The molecule has 0 heterocycles. The molecule has 2 N–H and O–H groups in total. The van der Waals surface area contributed by atoms with Gasteiger partial charge in [0.25, 0.3) is 0 Å². The summed E-state index contributed by atoms with van der Waals surface area (Å²) in [6.07, 6.45) is -4.66. The third kappa shape index (κ3) is 2.10. The topological polar surface area (TPSA) is 26.0 Å². The Balaban J connectivity index is 2.71. The van der Waals surface area contributed by atoms with E-state index in [1.807, 2.05) is 0 Å². The number of hydrogen-bond donors (Lipinski definition) is 1. The van der Waals surface area contributed by atoms with Crippen LogP contribution in [0.25, 0.3) is 10.8 Å². The lowest BCUT2D eigenvalue weighted by atomic mass is 9.98. The predicted molar refractivity (Wildman–Crippen MR) is 56.9 cm³/mol. The smallest absolute Gasteiger partial charge is 0.316 e. The van der Waals surface area contributed by atoms with Gasteiger partial charge < -0.3 is 5.73 Å². The van der Waals surface area contributed by atoms with Crippen LogP contribution in [0, 0.1) is 5.82 Å². The zero-order valence-electron chi connectivity index (χ0n) is 8.63. The van der Waals surface area contributed by atoms with Crippen LogP contribution in [0.2, 0.25) is 0 Å². The first-order valence-electron chi connectivity index (χ1n) is 4.90. The number of fused-ring (bicyclic) bond motifs is 1. The largest absolute Gasteiger partial charge is 0.407 e. The Labute approximate surface area is 94.8 Å². The molecule has 2 aromatic rings. The molecule has 0 saturated heterocycles. The summed E-state index contributed by atoms with van der Waals surface area (Å²) in [5, 5.41) is 0.723. The molecular formula is C12H9F4N. The van der Waals surface area contributed by atoms with Gasteiger partial charge in [0.2, 0.25) is 0 Å². The van der Waals surface area contributed by atoms with Crippen molar-refractivity contribution in [2.45, 2.75) is 12.2 Å². The third-order valence-electron chi connectivity index (χ3n) is 2.58. The summed E-state index contributed by atoms with van der Waals surface area (Å²) in [4.78, 5) is 0. The van der Waals surface area contributed by atoms with Crippen molar-refractivity contribution in [3.8, 4) is 0 Å². The lowest BCUT2D eigenvalue weighted by molar-refractivity contribution is -0.149. The second-order valence-electron chi connectivity index (χ2n) is 3.70. The van der Waals surface area contributed by atoms with Gasteiger partial charge in [-0.1, -0.05) is 30.3 Å². The van der Waals surface area contributed by atoms with Crippen molar-refractivity contribution in [2.24, 2.45) is 5.73 Å². The van der Waals surface area contributed by atoms with Gasteiger partial charge in [-0.25, -0.2) is 4.39 Å². The van der Waals surface area contributed by atoms with E-state index < -0.39 is 23.6 Å². The van der Waals surface area contributed by atoms with E-state index in [-0.39, 0.29) is 5.39 Å². The van der Waals surface area contributed by atoms with E-state index >= 15 is 0 Å². The Bertz CT molecular complexity index is 548. The van der Waals surface area contributed by atoms with Gasteiger partial charge in [-0.2, -0.15) is 13.2 Å². The quantitative estimate of drug-likeness (QED) is 0.761. The summed E-state index contributed by atoms with van der Waals surface area (Å²) in [5.74, 6) is -0.937. The fourth-order valence-electron chi connectivity index (χ4n) is 1.75. The van der Waals surface area contributed by atoms with Crippen LogP contribution < -0.4 is 5.73 Å². The predicted octanol–water partition coefficient (Wildman–Crippen LogP) is 3.54. The van der Waals surface area contributed by atoms with Gasteiger partial charge in [-0.05, 0) is 16.8 Å². The third-order valence-corrected chi connectivity index (χ3v) is 2.58. The summed E-state index contributed by atoms with van der Waals surface area (Å²) in [6.45, 7) is 0. The molecule has 0 spiro atoms. The molecule has 1 atom stereocenters. The Hall–Kier alpha value is -1.62. The lowest BCUT2D eigenvalue weighted by Crippen LogP contribution is -2.29. The second-order valence-corrected chi connectivity index (χ2v) is 3.70. The summed E-state index contributed by atoms with van der Waals surface area (Å²) >= 11 is 0. The van der Waals surface area contributed by atoms with Gasteiger partial charge in [0.05, 0.1) is 0 Å². The minimum absolute atomic E-state index is 0.192. The maximum atomic E-state index is 13.5. The van der Waals surface area contributed by atoms with Crippen molar-refractivity contribution in [3.05, 3.63) is 47.8 Å². The minimum atomic E-state index is -4.66. The molecule has 0 aliphatic carbocycles. The maximum Gasteiger partial charge on any atom is 0.407 e. The zero-order chi connectivity index (χ0) is 12.6. The molecule has 0 amide bonds. The Morgan fingerprint density at radius 2 is 1.65 bits per heavy atom. The molecule has 0 fully saturated rings. The summed E-state index contributed by atoms with van der Waals surface area (Å²) < 4.78 is 51.2. The van der Waals surface area contributed by atoms with Crippen LogP contribution in [-0.2, 0) is 0 Å². The van der Waals surface area contributed by atoms with Crippen LogP contribution in [0.4, 0.5) is 17.6 Å². The molecule has 0 aromatic heterocycles. The molecular weight excluding hydrogens is 234 g/mol. The van der Waals surface area contributed by atoms with Crippen molar-refractivity contribution in [1.82, 2.24) is 0 Å². The first-order chi connectivity index (χ1) is 7.91. The van der Waals surface area contributed by atoms with Crippen LogP contribution in [0.5, 0.6) is 0 Å². The van der Waals surface area contributed by atoms with E-state index in [0.29, 0.717) is 5.39 Å². The molecule has 0 unspecified atom stereocenters. The molecule has 0 saturated carbocycles. The van der Waals surface area contributed by atoms with Crippen molar-refractivity contribution < 1.29 is 17.6 Å². The highest BCUT2D eigenvalue weighted by atomic mass is 19.4. The first-order valence-corrected chi connectivity index (χ1v) is 4.90. The van der Waals surface area contributed by atoms with Crippen LogP contribution in [0.1, 0.15) is 11.6 Å². The van der Waals surface area contributed by atoms with Gasteiger partial charge in [0, 0.05) is 5.56 Å². The average Bonchev–Trinajstić information content (AvgIpc) is 2.27. The highest BCUT2D eigenvalue weighted by molar-refractivity contribution is 5.86. The molecule has 0 aliphatic rings. The normalized spacial score (nSPS) is 13.9. The molecule has 17 heavy (non-hydrogen) atoms. The molecule has 90 valence electrons. The highest BCUT2D eigenvalue weighted by Crippen LogP contribution is 2.35. The molecule has 2 rings (SSSR count). The molecule has 0 aliphatic heterocycles.